The van der Waals surface area contributed by atoms with Crippen LogP contribution in [0, 0.1) is 0 Å². The molecule has 3 heteroatoms. The fraction of sp³-hybridized carbons (Fsp3) is 0.538. The minimum atomic E-state index is 0.359. The molecule has 1 saturated heterocycles. The number of quaternary nitrogens is 1. The summed E-state index contributed by atoms with van der Waals surface area (Å²) in [7, 11) is 0. The summed E-state index contributed by atoms with van der Waals surface area (Å²) in [6, 6.07) is 8.14. The van der Waals surface area contributed by atoms with E-state index in [2.05, 4.69) is 26.0 Å². The molecule has 1 aromatic rings. The molecule has 0 bridgehead atoms. The van der Waals surface area contributed by atoms with Crippen LogP contribution in [0.4, 0.5) is 0 Å². The van der Waals surface area contributed by atoms with E-state index >= 15 is 0 Å². The molecule has 1 N–H and O–H groups in total. The molecule has 2 nitrogen and oxygen atoms in total. The molecule has 0 aromatic heterocycles. The van der Waals surface area contributed by atoms with E-state index in [0.29, 0.717) is 12.2 Å². The molecule has 1 aromatic carbocycles. The fourth-order valence-corrected chi connectivity index (χ4v) is 2.68. The van der Waals surface area contributed by atoms with Crippen LogP contribution in [0.15, 0.2) is 24.3 Å². The minimum Gasteiger partial charge on any atom is -0.364 e. The number of morpholine rings is 1. The SMILES string of the molecule is C[C@H]1C[NH+](Cc2cccc(Cl)c2)C[C@H](C)O1. The van der Waals surface area contributed by atoms with Crippen molar-refractivity contribution in [2.24, 2.45) is 0 Å². The molecule has 1 heterocycles. The third kappa shape index (κ3) is 3.21. The van der Waals surface area contributed by atoms with Gasteiger partial charge in [0.05, 0.1) is 0 Å². The highest BCUT2D eigenvalue weighted by Crippen LogP contribution is 2.10. The van der Waals surface area contributed by atoms with E-state index in [1.807, 2.05) is 12.1 Å². The van der Waals surface area contributed by atoms with Crippen LogP contribution in [-0.2, 0) is 11.3 Å². The number of hydrogen-bond donors (Lipinski definition) is 1. The standard InChI is InChI=1S/C13H18ClNO/c1-10-7-15(8-11(2)16-10)9-12-4-3-5-13(14)6-12/h3-6,10-11H,7-9H2,1-2H3/p+1/t10-,11-/m0/s1. The van der Waals surface area contributed by atoms with Crippen molar-refractivity contribution in [1.82, 2.24) is 0 Å². The first-order valence-electron chi connectivity index (χ1n) is 5.87. The van der Waals surface area contributed by atoms with Crippen LogP contribution in [0.1, 0.15) is 19.4 Å². The molecular formula is C13H19ClNO+. The van der Waals surface area contributed by atoms with Gasteiger partial charge in [0.1, 0.15) is 31.8 Å². The lowest BCUT2D eigenvalue weighted by Crippen LogP contribution is -3.14. The summed E-state index contributed by atoms with van der Waals surface area (Å²) >= 11 is 5.99. The third-order valence-corrected chi connectivity index (χ3v) is 3.20. The molecular weight excluding hydrogens is 222 g/mol. The van der Waals surface area contributed by atoms with E-state index in [0.717, 1.165) is 24.7 Å². The van der Waals surface area contributed by atoms with Crippen LogP contribution >= 0.6 is 11.6 Å². The van der Waals surface area contributed by atoms with Crippen molar-refractivity contribution in [3.05, 3.63) is 34.9 Å². The molecule has 16 heavy (non-hydrogen) atoms. The highest BCUT2D eigenvalue weighted by atomic mass is 35.5. The second kappa shape index (κ2) is 5.17. The van der Waals surface area contributed by atoms with Crippen molar-refractivity contribution >= 4 is 11.6 Å². The lowest BCUT2D eigenvalue weighted by Gasteiger charge is -2.32. The minimum absolute atomic E-state index is 0.359. The fourth-order valence-electron chi connectivity index (χ4n) is 2.47. The summed E-state index contributed by atoms with van der Waals surface area (Å²) in [6.45, 7) is 7.49. The second-order valence-corrected chi connectivity index (χ2v) is 5.16. The molecule has 0 radical (unpaired) electrons. The Balaban J connectivity index is 1.98. The van der Waals surface area contributed by atoms with Crippen LogP contribution in [0.25, 0.3) is 0 Å². The monoisotopic (exact) mass is 240 g/mol. The van der Waals surface area contributed by atoms with Crippen molar-refractivity contribution in [3.8, 4) is 0 Å². The van der Waals surface area contributed by atoms with E-state index in [-0.39, 0.29) is 0 Å². The van der Waals surface area contributed by atoms with Gasteiger partial charge >= 0.3 is 0 Å². The lowest BCUT2D eigenvalue weighted by atomic mass is 10.1. The van der Waals surface area contributed by atoms with Gasteiger partial charge in [-0.3, -0.25) is 0 Å². The Labute approximate surface area is 102 Å². The van der Waals surface area contributed by atoms with Crippen LogP contribution in [0.5, 0.6) is 0 Å². The van der Waals surface area contributed by atoms with Gasteiger partial charge in [-0.2, -0.15) is 0 Å². The molecule has 0 amide bonds. The Morgan fingerprint density at radius 3 is 2.62 bits per heavy atom. The zero-order valence-electron chi connectivity index (χ0n) is 9.87. The van der Waals surface area contributed by atoms with E-state index in [1.165, 1.54) is 5.56 Å². The Hall–Kier alpha value is -0.570. The van der Waals surface area contributed by atoms with Gasteiger partial charge in [0.2, 0.25) is 0 Å². The van der Waals surface area contributed by atoms with Crippen molar-refractivity contribution < 1.29 is 9.64 Å². The van der Waals surface area contributed by atoms with Crippen molar-refractivity contribution in [3.63, 3.8) is 0 Å². The first kappa shape index (κ1) is 11.9. The highest BCUT2D eigenvalue weighted by molar-refractivity contribution is 6.30. The van der Waals surface area contributed by atoms with Crippen molar-refractivity contribution in [2.45, 2.75) is 32.6 Å². The molecule has 2 rings (SSSR count). The van der Waals surface area contributed by atoms with E-state index in [9.17, 15) is 0 Å². The van der Waals surface area contributed by atoms with Gasteiger partial charge in [0.25, 0.3) is 0 Å². The molecule has 88 valence electrons. The van der Waals surface area contributed by atoms with E-state index in [4.69, 9.17) is 16.3 Å². The largest absolute Gasteiger partial charge is 0.364 e. The van der Waals surface area contributed by atoms with Gasteiger partial charge in [0.15, 0.2) is 0 Å². The van der Waals surface area contributed by atoms with Gasteiger partial charge in [-0.05, 0) is 26.0 Å². The van der Waals surface area contributed by atoms with Gasteiger partial charge in [-0.1, -0.05) is 23.7 Å². The first-order valence-corrected chi connectivity index (χ1v) is 6.25. The number of nitrogens with one attached hydrogen (secondary N) is 1. The first-order chi connectivity index (χ1) is 7.63. The normalized spacial score (nSPS) is 30.3. The molecule has 0 aliphatic carbocycles. The molecule has 0 saturated carbocycles. The Morgan fingerprint density at radius 1 is 1.31 bits per heavy atom. The van der Waals surface area contributed by atoms with Crippen molar-refractivity contribution in [1.29, 1.82) is 0 Å². The van der Waals surface area contributed by atoms with E-state index in [1.54, 1.807) is 4.90 Å². The maximum Gasteiger partial charge on any atom is 0.104 e. The zero-order chi connectivity index (χ0) is 11.5. The number of ether oxygens (including phenoxy) is 1. The average molecular weight is 241 g/mol. The van der Waals surface area contributed by atoms with Crippen LogP contribution < -0.4 is 4.90 Å². The molecule has 0 unspecified atom stereocenters. The topological polar surface area (TPSA) is 13.7 Å². The highest BCUT2D eigenvalue weighted by Gasteiger charge is 2.25. The van der Waals surface area contributed by atoms with Crippen LogP contribution in [0.3, 0.4) is 0 Å². The molecule has 1 aliphatic heterocycles. The average Bonchev–Trinajstić information content (AvgIpc) is 2.15. The summed E-state index contributed by atoms with van der Waals surface area (Å²) in [4.78, 5) is 1.58. The third-order valence-electron chi connectivity index (χ3n) is 2.96. The summed E-state index contributed by atoms with van der Waals surface area (Å²) in [5.41, 5.74) is 1.31. The van der Waals surface area contributed by atoms with Gasteiger partial charge in [-0.25, -0.2) is 0 Å². The summed E-state index contributed by atoms with van der Waals surface area (Å²) < 4.78 is 5.73. The zero-order valence-corrected chi connectivity index (χ0v) is 10.6. The molecule has 1 aliphatic rings. The van der Waals surface area contributed by atoms with Gasteiger partial charge in [-0.15, -0.1) is 0 Å². The molecule has 2 atom stereocenters. The smallest absolute Gasteiger partial charge is 0.104 e. The van der Waals surface area contributed by atoms with Gasteiger partial charge in [0, 0.05) is 10.6 Å². The second-order valence-electron chi connectivity index (χ2n) is 4.72. The maximum atomic E-state index is 5.99. The summed E-state index contributed by atoms with van der Waals surface area (Å²) in [5, 5.41) is 0.825. The van der Waals surface area contributed by atoms with Gasteiger partial charge < -0.3 is 9.64 Å². The van der Waals surface area contributed by atoms with Crippen LogP contribution in [-0.4, -0.2) is 25.3 Å². The number of benzene rings is 1. The van der Waals surface area contributed by atoms with E-state index < -0.39 is 0 Å². The molecule has 0 spiro atoms. The summed E-state index contributed by atoms with van der Waals surface area (Å²) in [5.74, 6) is 0. The number of halogens is 1. The quantitative estimate of drug-likeness (QED) is 0.828. The Morgan fingerprint density at radius 2 is 2.00 bits per heavy atom. The Kier molecular flexibility index (Phi) is 3.85. The predicted octanol–water partition coefficient (Wildman–Crippen LogP) is 1.53. The molecule has 1 fully saturated rings. The van der Waals surface area contributed by atoms with Crippen molar-refractivity contribution in [2.75, 3.05) is 13.1 Å². The number of hydrogen-bond acceptors (Lipinski definition) is 1. The lowest BCUT2D eigenvalue weighted by molar-refractivity contribution is -0.928. The van der Waals surface area contributed by atoms with Crippen LogP contribution in [0.2, 0.25) is 5.02 Å². The Bertz CT molecular complexity index is 346. The maximum absolute atomic E-state index is 5.99. The summed E-state index contributed by atoms with van der Waals surface area (Å²) in [6.07, 6.45) is 0.718. The predicted molar refractivity (Wildman–Crippen MR) is 65.9 cm³/mol. The number of rotatable bonds is 2.